The Kier molecular flexibility index (Phi) is 19.8. The fraction of sp³-hybridized carbons (Fsp3) is 0.944. The maximum Gasteiger partial charge on any atom is 0.0701 e. The van der Waals surface area contributed by atoms with Gasteiger partial charge in [0.05, 0.1) is 26.4 Å². The van der Waals surface area contributed by atoms with Crippen molar-refractivity contribution in [2.24, 2.45) is 0 Å². The Bertz CT molecular complexity index is 156. The number of rotatable bonds is 18. The second kappa shape index (κ2) is 19.9. The van der Waals surface area contributed by atoms with Gasteiger partial charge < -0.3 is 14.6 Å². The molecule has 3 heteroatoms. The topological polar surface area (TPSA) is 38.7 Å². The Morgan fingerprint density at radius 3 is 1.43 bits per heavy atom. The van der Waals surface area contributed by atoms with Crippen LogP contribution < -0.4 is 0 Å². The molecule has 0 aliphatic rings. The quantitative estimate of drug-likeness (QED) is 0.378. The fourth-order valence-corrected chi connectivity index (χ4v) is 2.36. The second-order valence-corrected chi connectivity index (χ2v) is 5.69. The van der Waals surface area contributed by atoms with Gasteiger partial charge in [-0.05, 0) is 6.42 Å². The Hall–Kier alpha value is -0.120. The highest BCUT2D eigenvalue weighted by Gasteiger charge is 1.94. The van der Waals surface area contributed by atoms with Crippen LogP contribution in [0.15, 0.2) is 0 Å². The number of hydrogen-bond acceptors (Lipinski definition) is 3. The molecule has 0 fully saturated rings. The molecular weight excluding hydrogens is 264 g/mol. The molecule has 0 aliphatic carbocycles. The predicted molar refractivity (Wildman–Crippen MR) is 89.5 cm³/mol. The van der Waals surface area contributed by atoms with E-state index >= 15 is 0 Å². The first-order chi connectivity index (χ1) is 10.4. The second-order valence-electron chi connectivity index (χ2n) is 5.69. The van der Waals surface area contributed by atoms with E-state index in [0.717, 1.165) is 19.4 Å². The van der Waals surface area contributed by atoms with Crippen molar-refractivity contribution in [3.8, 4) is 0 Å². The monoisotopic (exact) mass is 301 g/mol. The van der Waals surface area contributed by atoms with Gasteiger partial charge in [0.25, 0.3) is 0 Å². The van der Waals surface area contributed by atoms with Gasteiger partial charge in [0.15, 0.2) is 0 Å². The van der Waals surface area contributed by atoms with Crippen LogP contribution in [0.2, 0.25) is 0 Å². The molecule has 0 atom stereocenters. The summed E-state index contributed by atoms with van der Waals surface area (Å²) in [6, 6.07) is 0. The van der Waals surface area contributed by atoms with Crippen LogP contribution in [0.4, 0.5) is 0 Å². The SMILES string of the molecule is [CH2]CCCCCCCCCCCCCOCCOCCO. The molecule has 0 bridgehead atoms. The lowest BCUT2D eigenvalue weighted by Gasteiger charge is -2.05. The molecule has 0 aromatic carbocycles. The fourth-order valence-electron chi connectivity index (χ4n) is 2.36. The van der Waals surface area contributed by atoms with E-state index in [1.807, 2.05) is 0 Å². The predicted octanol–water partition coefficient (Wildman–Crippen LogP) is 4.53. The van der Waals surface area contributed by atoms with E-state index in [-0.39, 0.29) is 6.61 Å². The lowest BCUT2D eigenvalue weighted by molar-refractivity contribution is 0.0321. The van der Waals surface area contributed by atoms with E-state index in [9.17, 15) is 0 Å². The van der Waals surface area contributed by atoms with E-state index in [1.165, 1.54) is 64.2 Å². The summed E-state index contributed by atoms with van der Waals surface area (Å²) < 4.78 is 10.6. The molecule has 0 amide bonds. The molecule has 0 rings (SSSR count). The molecule has 0 saturated carbocycles. The summed E-state index contributed by atoms with van der Waals surface area (Å²) in [5.74, 6) is 0. The van der Waals surface area contributed by atoms with Crippen molar-refractivity contribution in [3.05, 3.63) is 6.92 Å². The van der Waals surface area contributed by atoms with E-state index in [1.54, 1.807) is 0 Å². The lowest BCUT2D eigenvalue weighted by atomic mass is 10.1. The highest BCUT2D eigenvalue weighted by Crippen LogP contribution is 2.11. The average Bonchev–Trinajstić information content (AvgIpc) is 2.50. The zero-order chi connectivity index (χ0) is 15.4. The molecule has 0 heterocycles. The number of ether oxygens (including phenoxy) is 2. The minimum atomic E-state index is 0.0935. The highest BCUT2D eigenvalue weighted by atomic mass is 16.5. The van der Waals surface area contributed by atoms with Gasteiger partial charge in [-0.3, -0.25) is 0 Å². The summed E-state index contributed by atoms with van der Waals surface area (Å²) >= 11 is 0. The smallest absolute Gasteiger partial charge is 0.0701 e. The minimum Gasteiger partial charge on any atom is -0.394 e. The Morgan fingerprint density at radius 2 is 0.952 bits per heavy atom. The van der Waals surface area contributed by atoms with Crippen molar-refractivity contribution in [1.82, 2.24) is 0 Å². The molecule has 0 aromatic heterocycles. The Balaban J connectivity index is 2.90. The number of hydrogen-bond donors (Lipinski definition) is 1. The summed E-state index contributed by atoms with van der Waals surface area (Å²) in [5.41, 5.74) is 0. The van der Waals surface area contributed by atoms with Crippen molar-refractivity contribution in [1.29, 1.82) is 0 Å². The lowest BCUT2D eigenvalue weighted by Crippen LogP contribution is -2.07. The normalized spacial score (nSPS) is 11.1. The summed E-state index contributed by atoms with van der Waals surface area (Å²) in [4.78, 5) is 0. The van der Waals surface area contributed by atoms with Crippen molar-refractivity contribution in [2.45, 2.75) is 77.0 Å². The van der Waals surface area contributed by atoms with Crippen LogP contribution in [0.3, 0.4) is 0 Å². The zero-order valence-electron chi connectivity index (χ0n) is 14.0. The van der Waals surface area contributed by atoms with Gasteiger partial charge in [-0.25, -0.2) is 0 Å². The zero-order valence-corrected chi connectivity index (χ0v) is 14.0. The Labute approximate surface area is 132 Å². The molecule has 127 valence electrons. The first kappa shape index (κ1) is 20.9. The first-order valence-electron chi connectivity index (χ1n) is 8.97. The van der Waals surface area contributed by atoms with E-state index < -0.39 is 0 Å². The van der Waals surface area contributed by atoms with Crippen molar-refractivity contribution < 1.29 is 14.6 Å². The minimum absolute atomic E-state index is 0.0935. The molecule has 0 unspecified atom stereocenters. The summed E-state index contributed by atoms with van der Waals surface area (Å²) in [6.07, 6.45) is 15.9. The molecular formula is C18H37O3. The van der Waals surface area contributed by atoms with Gasteiger partial charge in [-0.15, -0.1) is 0 Å². The summed E-state index contributed by atoms with van der Waals surface area (Å²) in [6.45, 7) is 6.46. The van der Waals surface area contributed by atoms with Gasteiger partial charge in [0.1, 0.15) is 0 Å². The molecule has 0 aliphatic heterocycles. The van der Waals surface area contributed by atoms with Crippen LogP contribution >= 0.6 is 0 Å². The molecule has 1 radical (unpaired) electrons. The number of unbranched alkanes of at least 4 members (excludes halogenated alkanes) is 11. The van der Waals surface area contributed by atoms with Crippen molar-refractivity contribution in [2.75, 3.05) is 33.0 Å². The third kappa shape index (κ3) is 19.9. The van der Waals surface area contributed by atoms with Crippen LogP contribution in [-0.2, 0) is 9.47 Å². The Morgan fingerprint density at radius 1 is 0.524 bits per heavy atom. The van der Waals surface area contributed by atoms with Crippen LogP contribution in [0, 0.1) is 6.92 Å². The maximum absolute atomic E-state index is 8.52. The summed E-state index contributed by atoms with van der Waals surface area (Å²) in [5, 5.41) is 8.52. The summed E-state index contributed by atoms with van der Waals surface area (Å²) in [7, 11) is 0. The average molecular weight is 301 g/mol. The van der Waals surface area contributed by atoms with E-state index in [2.05, 4.69) is 6.92 Å². The molecule has 0 aromatic rings. The van der Waals surface area contributed by atoms with Crippen molar-refractivity contribution in [3.63, 3.8) is 0 Å². The number of aliphatic hydroxyl groups is 1. The highest BCUT2D eigenvalue weighted by molar-refractivity contribution is 4.49. The van der Waals surface area contributed by atoms with Gasteiger partial charge >= 0.3 is 0 Å². The van der Waals surface area contributed by atoms with Crippen LogP contribution in [0.5, 0.6) is 0 Å². The van der Waals surface area contributed by atoms with Crippen LogP contribution in [-0.4, -0.2) is 38.1 Å². The molecule has 3 nitrogen and oxygen atoms in total. The van der Waals surface area contributed by atoms with Crippen LogP contribution in [0.25, 0.3) is 0 Å². The van der Waals surface area contributed by atoms with Crippen molar-refractivity contribution >= 4 is 0 Å². The van der Waals surface area contributed by atoms with E-state index in [4.69, 9.17) is 14.6 Å². The molecule has 1 N–H and O–H groups in total. The largest absolute Gasteiger partial charge is 0.394 e. The molecule has 0 saturated heterocycles. The van der Waals surface area contributed by atoms with Gasteiger partial charge in [-0.1, -0.05) is 77.6 Å². The van der Waals surface area contributed by atoms with Gasteiger partial charge in [-0.2, -0.15) is 0 Å². The first-order valence-corrected chi connectivity index (χ1v) is 8.97. The third-order valence-electron chi connectivity index (χ3n) is 3.65. The maximum atomic E-state index is 8.52. The standard InChI is InChI=1S/C18H37O3/c1-2-3-4-5-6-7-8-9-10-11-12-13-15-20-17-18-21-16-14-19/h19H,1-18H2. The van der Waals surface area contributed by atoms with E-state index in [0.29, 0.717) is 19.8 Å². The van der Waals surface area contributed by atoms with Gasteiger partial charge in [0, 0.05) is 6.61 Å². The van der Waals surface area contributed by atoms with Gasteiger partial charge in [0.2, 0.25) is 0 Å². The third-order valence-corrected chi connectivity index (χ3v) is 3.65. The molecule has 21 heavy (non-hydrogen) atoms. The van der Waals surface area contributed by atoms with Crippen LogP contribution in [0.1, 0.15) is 77.0 Å². The number of aliphatic hydroxyl groups excluding tert-OH is 1. The molecule has 0 spiro atoms.